The second kappa shape index (κ2) is 8.61. The molecule has 1 aromatic carbocycles. The number of aryl methyl sites for hydroxylation is 1. The Morgan fingerprint density at radius 2 is 1.93 bits per heavy atom. The number of nitrogens with zero attached hydrogens (tertiary/aromatic N) is 3. The third kappa shape index (κ3) is 5.02. The van der Waals surface area contributed by atoms with Crippen LogP contribution in [0.25, 0.3) is 0 Å². The second-order valence-corrected chi connectivity index (χ2v) is 8.69. The molecule has 2 heterocycles. The van der Waals surface area contributed by atoms with Crippen molar-refractivity contribution < 1.29 is 9.53 Å². The lowest BCUT2D eigenvalue weighted by molar-refractivity contribution is -0.139. The lowest BCUT2D eigenvalue weighted by Gasteiger charge is -2.47. The first-order valence-corrected chi connectivity index (χ1v) is 10.2. The van der Waals surface area contributed by atoms with Crippen LogP contribution in [-0.4, -0.2) is 74.5 Å². The van der Waals surface area contributed by atoms with Crippen molar-refractivity contribution in [1.29, 1.82) is 0 Å². The first-order chi connectivity index (χ1) is 12.9. The molecule has 0 aliphatic carbocycles. The molecular formula is C22H35N3O2. The van der Waals surface area contributed by atoms with E-state index in [0.717, 1.165) is 57.9 Å². The maximum absolute atomic E-state index is 12.3. The average Bonchev–Trinajstić information content (AvgIpc) is 2.66. The number of likely N-dealkylation sites (N-methyl/N-ethyl adjacent to an activating group) is 1. The highest BCUT2D eigenvalue weighted by atomic mass is 16.5. The molecule has 0 saturated carbocycles. The Kier molecular flexibility index (Phi) is 6.43. The van der Waals surface area contributed by atoms with Crippen LogP contribution >= 0.6 is 0 Å². The zero-order valence-corrected chi connectivity index (χ0v) is 17.5. The van der Waals surface area contributed by atoms with Crippen LogP contribution in [0.5, 0.6) is 5.75 Å². The number of methoxy groups -OCH3 is 1. The van der Waals surface area contributed by atoms with Crippen molar-refractivity contribution in [3.63, 3.8) is 0 Å². The molecule has 1 spiro atoms. The summed E-state index contributed by atoms with van der Waals surface area (Å²) in [5.74, 6) is 1.28. The third-order valence-electron chi connectivity index (χ3n) is 6.43. The molecule has 0 unspecified atom stereocenters. The van der Waals surface area contributed by atoms with E-state index in [9.17, 15) is 4.79 Å². The molecule has 2 aliphatic rings. The van der Waals surface area contributed by atoms with E-state index in [-0.39, 0.29) is 0 Å². The number of amides is 1. The monoisotopic (exact) mass is 373 g/mol. The molecule has 0 atom stereocenters. The summed E-state index contributed by atoms with van der Waals surface area (Å²) < 4.78 is 5.32. The topological polar surface area (TPSA) is 36.0 Å². The SMILES string of the molecule is COc1ccc(CN2CCC3(CCC(=O)N(CCN(C)C)C3)CC2)c(C)c1. The van der Waals surface area contributed by atoms with Crippen LogP contribution in [0, 0.1) is 12.3 Å². The maximum atomic E-state index is 12.3. The van der Waals surface area contributed by atoms with Gasteiger partial charge in [-0.05, 0) is 82.0 Å². The van der Waals surface area contributed by atoms with Crippen LogP contribution in [0.3, 0.4) is 0 Å². The molecular weight excluding hydrogens is 338 g/mol. The summed E-state index contributed by atoms with van der Waals surface area (Å²) in [6.45, 7) is 8.19. The second-order valence-electron chi connectivity index (χ2n) is 8.69. The highest BCUT2D eigenvalue weighted by molar-refractivity contribution is 5.77. The number of rotatable bonds is 6. The van der Waals surface area contributed by atoms with Gasteiger partial charge in [-0.2, -0.15) is 0 Å². The van der Waals surface area contributed by atoms with E-state index in [1.54, 1.807) is 7.11 Å². The van der Waals surface area contributed by atoms with Crippen LogP contribution in [0.15, 0.2) is 18.2 Å². The number of benzene rings is 1. The number of likely N-dealkylation sites (tertiary alicyclic amines) is 2. The van der Waals surface area contributed by atoms with Gasteiger partial charge in [0.25, 0.3) is 0 Å². The van der Waals surface area contributed by atoms with E-state index in [0.29, 0.717) is 11.3 Å². The van der Waals surface area contributed by atoms with Crippen molar-refractivity contribution in [2.75, 3.05) is 53.9 Å². The molecule has 5 nitrogen and oxygen atoms in total. The maximum Gasteiger partial charge on any atom is 0.222 e. The Bertz CT molecular complexity index is 651. The van der Waals surface area contributed by atoms with E-state index in [2.05, 4.69) is 53.9 Å². The molecule has 1 amide bonds. The highest BCUT2D eigenvalue weighted by Crippen LogP contribution is 2.40. The lowest BCUT2D eigenvalue weighted by Crippen LogP contribution is -2.52. The third-order valence-corrected chi connectivity index (χ3v) is 6.43. The number of hydrogen-bond acceptors (Lipinski definition) is 4. The number of hydrogen-bond donors (Lipinski definition) is 0. The minimum absolute atomic E-state index is 0.339. The quantitative estimate of drug-likeness (QED) is 0.768. The molecule has 0 bridgehead atoms. The fourth-order valence-electron chi connectivity index (χ4n) is 4.43. The Labute approximate surface area is 164 Å². The van der Waals surface area contributed by atoms with Crippen molar-refractivity contribution in [1.82, 2.24) is 14.7 Å². The van der Waals surface area contributed by atoms with Crippen LogP contribution in [0.4, 0.5) is 0 Å². The van der Waals surface area contributed by atoms with Gasteiger partial charge in [0.05, 0.1) is 7.11 Å². The van der Waals surface area contributed by atoms with E-state index in [4.69, 9.17) is 4.74 Å². The molecule has 0 radical (unpaired) electrons. The van der Waals surface area contributed by atoms with Gasteiger partial charge in [-0.1, -0.05) is 6.07 Å². The first-order valence-electron chi connectivity index (χ1n) is 10.2. The number of carbonyl (C=O) groups is 1. The van der Waals surface area contributed by atoms with Crippen molar-refractivity contribution in [3.05, 3.63) is 29.3 Å². The van der Waals surface area contributed by atoms with Crippen LogP contribution in [-0.2, 0) is 11.3 Å². The Morgan fingerprint density at radius 1 is 1.19 bits per heavy atom. The summed E-state index contributed by atoms with van der Waals surface area (Å²) in [6, 6.07) is 6.38. The van der Waals surface area contributed by atoms with Gasteiger partial charge in [-0.15, -0.1) is 0 Å². The summed E-state index contributed by atoms with van der Waals surface area (Å²) in [6.07, 6.45) is 4.20. The van der Waals surface area contributed by atoms with Gasteiger partial charge in [-0.25, -0.2) is 0 Å². The van der Waals surface area contributed by atoms with Gasteiger partial charge in [0, 0.05) is 32.6 Å². The van der Waals surface area contributed by atoms with E-state index >= 15 is 0 Å². The van der Waals surface area contributed by atoms with Crippen molar-refractivity contribution >= 4 is 5.91 Å². The predicted octanol–water partition coefficient (Wildman–Crippen LogP) is 2.77. The fourth-order valence-corrected chi connectivity index (χ4v) is 4.43. The minimum atomic E-state index is 0.339. The number of piperidine rings is 2. The van der Waals surface area contributed by atoms with E-state index < -0.39 is 0 Å². The molecule has 150 valence electrons. The standard InChI is InChI=1S/C22H35N3O2/c1-18-15-20(27-4)6-5-19(18)16-24-11-9-22(10-12-24)8-7-21(26)25(17-22)14-13-23(2)3/h5-6,15H,7-14,16-17H2,1-4H3. The van der Waals surface area contributed by atoms with Gasteiger partial charge < -0.3 is 14.5 Å². The van der Waals surface area contributed by atoms with Crippen molar-refractivity contribution in [3.8, 4) is 5.75 Å². The van der Waals surface area contributed by atoms with Gasteiger partial charge >= 0.3 is 0 Å². The predicted molar refractivity (Wildman–Crippen MR) is 109 cm³/mol. The summed E-state index contributed by atoms with van der Waals surface area (Å²) in [5, 5.41) is 0. The Balaban J connectivity index is 1.55. The fraction of sp³-hybridized carbons (Fsp3) is 0.682. The summed E-state index contributed by atoms with van der Waals surface area (Å²) in [5.41, 5.74) is 3.03. The molecule has 1 aromatic rings. The summed E-state index contributed by atoms with van der Waals surface area (Å²) >= 11 is 0. The Morgan fingerprint density at radius 3 is 2.56 bits per heavy atom. The van der Waals surface area contributed by atoms with Crippen molar-refractivity contribution in [2.24, 2.45) is 5.41 Å². The number of ether oxygens (including phenoxy) is 1. The van der Waals surface area contributed by atoms with Gasteiger partial charge in [0.2, 0.25) is 5.91 Å². The van der Waals surface area contributed by atoms with Gasteiger partial charge in [-0.3, -0.25) is 9.69 Å². The Hall–Kier alpha value is -1.59. The normalized spacial score (nSPS) is 20.5. The lowest BCUT2D eigenvalue weighted by atomic mass is 9.72. The zero-order valence-electron chi connectivity index (χ0n) is 17.5. The summed E-state index contributed by atoms with van der Waals surface area (Å²) in [4.78, 5) is 19.2. The van der Waals surface area contributed by atoms with Gasteiger partial charge in [0.1, 0.15) is 5.75 Å². The largest absolute Gasteiger partial charge is 0.497 e. The molecule has 3 rings (SSSR count). The molecule has 2 fully saturated rings. The smallest absolute Gasteiger partial charge is 0.222 e. The van der Waals surface area contributed by atoms with E-state index in [1.165, 1.54) is 24.0 Å². The summed E-state index contributed by atoms with van der Waals surface area (Å²) in [7, 11) is 5.86. The molecule has 2 saturated heterocycles. The number of carbonyl (C=O) groups excluding carboxylic acids is 1. The van der Waals surface area contributed by atoms with Crippen molar-refractivity contribution in [2.45, 2.75) is 39.2 Å². The van der Waals surface area contributed by atoms with Gasteiger partial charge in [0.15, 0.2) is 0 Å². The average molecular weight is 374 g/mol. The highest BCUT2D eigenvalue weighted by Gasteiger charge is 2.40. The van der Waals surface area contributed by atoms with Crippen LogP contribution in [0.2, 0.25) is 0 Å². The zero-order chi connectivity index (χ0) is 19.4. The van der Waals surface area contributed by atoms with E-state index in [1.807, 2.05) is 0 Å². The molecule has 5 heteroatoms. The molecule has 0 N–H and O–H groups in total. The van der Waals surface area contributed by atoms with Crippen LogP contribution < -0.4 is 4.74 Å². The first kappa shape index (κ1) is 20.2. The molecule has 0 aromatic heterocycles. The molecule has 2 aliphatic heterocycles. The molecule has 27 heavy (non-hydrogen) atoms. The minimum Gasteiger partial charge on any atom is -0.497 e. The van der Waals surface area contributed by atoms with Crippen LogP contribution in [0.1, 0.15) is 36.8 Å².